The number of fused-ring (bicyclic) bond motifs is 1. The number of urea groups is 1. The van der Waals surface area contributed by atoms with Crippen molar-refractivity contribution in [3.8, 4) is 0 Å². The normalized spacial score (nSPS) is 20.0. The van der Waals surface area contributed by atoms with Gasteiger partial charge in [-0.2, -0.15) is 0 Å². The minimum atomic E-state index is -0.595. The van der Waals surface area contributed by atoms with E-state index >= 15 is 0 Å². The number of nitrogens with two attached hydrogens (primary N) is 2. The summed E-state index contributed by atoms with van der Waals surface area (Å²) >= 11 is 0. The molecule has 0 saturated carbocycles. The van der Waals surface area contributed by atoms with Crippen molar-refractivity contribution >= 4 is 30.0 Å². The number of aliphatic imine (C=N–C) groups is 1. The standard InChI is InChI=1S/C36H45N7O2/c1-3-12-30-29(4-2)28(24-40-30)18-21-41-22-19-31-33(23-26-13-7-5-8-14-26)42(25-27-15-9-6-10-16-27)36(45)43(31)32(34(41)44)17-11-20-39-35(37)38/h3-10,12-16,24,31-33,40H,2,11,17-23,25H2,1H3,(H4,37,38,39)/b12-3-. The lowest BCUT2D eigenvalue weighted by molar-refractivity contribution is -0.135. The van der Waals surface area contributed by atoms with Crippen molar-refractivity contribution in [1.82, 2.24) is 19.7 Å². The Morgan fingerprint density at radius 2 is 1.78 bits per heavy atom. The first-order valence-corrected chi connectivity index (χ1v) is 15.9. The van der Waals surface area contributed by atoms with Crippen LogP contribution in [0.1, 0.15) is 54.1 Å². The number of nitrogens with one attached hydrogen (secondary N) is 1. The molecule has 236 valence electrons. The van der Waals surface area contributed by atoms with Crippen LogP contribution in [0.25, 0.3) is 12.2 Å². The van der Waals surface area contributed by atoms with Crippen LogP contribution < -0.4 is 11.5 Å². The fourth-order valence-electron chi connectivity index (χ4n) is 6.79. The quantitative estimate of drug-likeness (QED) is 0.147. The molecular formula is C36H45N7O2. The molecule has 3 unspecified atom stereocenters. The lowest BCUT2D eigenvalue weighted by Crippen LogP contribution is -2.50. The fraction of sp³-hybridized carbons (Fsp3) is 0.361. The maximum atomic E-state index is 14.4. The molecule has 2 fully saturated rings. The van der Waals surface area contributed by atoms with Crippen molar-refractivity contribution in [3.63, 3.8) is 0 Å². The van der Waals surface area contributed by atoms with E-state index < -0.39 is 6.04 Å². The van der Waals surface area contributed by atoms with Crippen LogP contribution in [-0.4, -0.2) is 75.3 Å². The van der Waals surface area contributed by atoms with Gasteiger partial charge in [-0.15, -0.1) is 0 Å². The molecule has 0 bridgehead atoms. The third-order valence-corrected chi connectivity index (χ3v) is 8.94. The second kappa shape index (κ2) is 14.8. The highest BCUT2D eigenvalue weighted by atomic mass is 16.2. The molecule has 1 aromatic heterocycles. The van der Waals surface area contributed by atoms with Gasteiger partial charge in [0.05, 0.1) is 12.1 Å². The molecule has 2 aliphatic heterocycles. The van der Waals surface area contributed by atoms with Crippen molar-refractivity contribution in [2.24, 2.45) is 16.5 Å². The molecule has 0 spiro atoms. The van der Waals surface area contributed by atoms with E-state index in [2.05, 4.69) is 40.8 Å². The third-order valence-electron chi connectivity index (χ3n) is 8.94. The van der Waals surface area contributed by atoms with E-state index in [4.69, 9.17) is 11.5 Å². The zero-order valence-electron chi connectivity index (χ0n) is 26.1. The van der Waals surface area contributed by atoms with Gasteiger partial charge in [-0.3, -0.25) is 9.79 Å². The number of aromatic nitrogens is 1. The number of allylic oxidation sites excluding steroid dienone is 1. The number of nitrogens with zero attached hydrogens (tertiary/aromatic N) is 4. The van der Waals surface area contributed by atoms with Crippen LogP contribution in [0.2, 0.25) is 0 Å². The molecule has 2 aromatic carbocycles. The maximum absolute atomic E-state index is 14.4. The fourth-order valence-corrected chi connectivity index (χ4v) is 6.79. The van der Waals surface area contributed by atoms with E-state index in [1.165, 1.54) is 5.56 Å². The molecule has 5 rings (SSSR count). The Bertz CT molecular complexity index is 1510. The Morgan fingerprint density at radius 3 is 2.44 bits per heavy atom. The summed E-state index contributed by atoms with van der Waals surface area (Å²) in [4.78, 5) is 42.1. The highest BCUT2D eigenvalue weighted by Crippen LogP contribution is 2.35. The van der Waals surface area contributed by atoms with Crippen LogP contribution in [-0.2, 0) is 24.2 Å². The maximum Gasteiger partial charge on any atom is 0.321 e. The number of amides is 3. The minimum absolute atomic E-state index is 0.0139. The average Bonchev–Trinajstić information content (AvgIpc) is 3.50. The second-order valence-corrected chi connectivity index (χ2v) is 11.8. The first-order chi connectivity index (χ1) is 21.9. The van der Waals surface area contributed by atoms with Crippen LogP contribution in [0.5, 0.6) is 0 Å². The largest absolute Gasteiger partial charge is 0.370 e. The van der Waals surface area contributed by atoms with Crippen LogP contribution in [0, 0.1) is 0 Å². The zero-order chi connectivity index (χ0) is 31.8. The average molecular weight is 608 g/mol. The van der Waals surface area contributed by atoms with Crippen molar-refractivity contribution in [3.05, 3.63) is 107 Å². The highest BCUT2D eigenvalue weighted by Gasteiger charge is 2.51. The Hall–Kier alpha value is -4.79. The second-order valence-electron chi connectivity index (χ2n) is 11.8. The van der Waals surface area contributed by atoms with Crippen molar-refractivity contribution in [2.45, 2.75) is 63.7 Å². The number of carbonyl (C=O) groups excluding carboxylic acids is 2. The van der Waals surface area contributed by atoms with E-state index in [1.54, 1.807) is 0 Å². The van der Waals surface area contributed by atoms with Crippen LogP contribution in [0.4, 0.5) is 4.79 Å². The molecule has 5 N–H and O–H groups in total. The molecule has 9 nitrogen and oxygen atoms in total. The summed E-state index contributed by atoms with van der Waals surface area (Å²) in [6, 6.07) is 19.5. The smallest absolute Gasteiger partial charge is 0.321 e. The molecular weight excluding hydrogens is 562 g/mol. The predicted molar refractivity (Wildman–Crippen MR) is 181 cm³/mol. The van der Waals surface area contributed by atoms with Crippen LogP contribution >= 0.6 is 0 Å². The highest BCUT2D eigenvalue weighted by molar-refractivity contribution is 5.89. The molecule has 0 radical (unpaired) electrons. The summed E-state index contributed by atoms with van der Waals surface area (Å²) in [6.45, 7) is 8.03. The lowest BCUT2D eigenvalue weighted by atomic mass is 9.95. The monoisotopic (exact) mass is 607 g/mol. The molecule has 45 heavy (non-hydrogen) atoms. The van der Waals surface area contributed by atoms with Gasteiger partial charge in [0.25, 0.3) is 0 Å². The number of rotatable bonds is 13. The summed E-state index contributed by atoms with van der Waals surface area (Å²) in [6.07, 6.45) is 11.1. The van der Waals surface area contributed by atoms with Gasteiger partial charge in [0, 0.05) is 43.6 Å². The van der Waals surface area contributed by atoms with E-state index in [0.717, 1.165) is 28.8 Å². The van der Waals surface area contributed by atoms with Gasteiger partial charge in [-0.25, -0.2) is 4.79 Å². The molecule has 0 aliphatic carbocycles. The number of guanidine groups is 1. The van der Waals surface area contributed by atoms with Gasteiger partial charge in [0.15, 0.2) is 5.96 Å². The van der Waals surface area contributed by atoms with Crippen molar-refractivity contribution < 1.29 is 9.59 Å². The Kier molecular flexibility index (Phi) is 10.4. The van der Waals surface area contributed by atoms with Gasteiger partial charge in [0.2, 0.25) is 5.91 Å². The summed E-state index contributed by atoms with van der Waals surface area (Å²) < 4.78 is 0. The molecule has 2 saturated heterocycles. The summed E-state index contributed by atoms with van der Waals surface area (Å²) in [5.74, 6) is 0.0117. The zero-order valence-corrected chi connectivity index (χ0v) is 26.1. The van der Waals surface area contributed by atoms with Gasteiger partial charge in [-0.05, 0) is 61.8 Å². The number of aromatic amines is 1. The lowest BCUT2D eigenvalue weighted by Gasteiger charge is -2.31. The van der Waals surface area contributed by atoms with E-state index in [1.807, 2.05) is 82.4 Å². The Morgan fingerprint density at radius 1 is 1.07 bits per heavy atom. The summed E-state index contributed by atoms with van der Waals surface area (Å²) in [7, 11) is 0. The molecule has 2 aliphatic rings. The number of carbonyl (C=O) groups is 2. The SMILES string of the molecule is C=Cc1c(CCN2CCC3C(Cc4ccccc4)N(Cc4ccccc4)C(=O)N3C(CCCN=C(N)N)C2=O)c[nH]c1/C=C\C. The number of hydrogen-bond donors (Lipinski definition) is 3. The van der Waals surface area contributed by atoms with Crippen molar-refractivity contribution in [2.75, 3.05) is 19.6 Å². The number of H-pyrrole nitrogens is 1. The van der Waals surface area contributed by atoms with Crippen molar-refractivity contribution in [1.29, 1.82) is 0 Å². The topological polar surface area (TPSA) is 124 Å². The molecule has 3 atom stereocenters. The molecule has 3 amide bonds. The molecule has 3 heterocycles. The van der Waals surface area contributed by atoms with E-state index in [9.17, 15) is 9.59 Å². The third kappa shape index (κ3) is 7.30. The van der Waals surface area contributed by atoms with Gasteiger partial charge in [0.1, 0.15) is 6.04 Å². The van der Waals surface area contributed by atoms with Gasteiger partial charge < -0.3 is 31.2 Å². The predicted octanol–water partition coefficient (Wildman–Crippen LogP) is 4.81. The van der Waals surface area contributed by atoms with Crippen LogP contribution in [0.3, 0.4) is 0 Å². The molecule has 3 aromatic rings. The molecule has 9 heteroatoms. The minimum Gasteiger partial charge on any atom is -0.370 e. The summed E-state index contributed by atoms with van der Waals surface area (Å²) in [5, 5.41) is 0. The Balaban J connectivity index is 1.44. The van der Waals surface area contributed by atoms with E-state index in [0.29, 0.717) is 51.9 Å². The Labute approximate surface area is 266 Å². The van der Waals surface area contributed by atoms with Gasteiger partial charge in [-0.1, -0.05) is 79.4 Å². The van der Waals surface area contributed by atoms with Gasteiger partial charge >= 0.3 is 6.03 Å². The number of benzene rings is 2. The first kappa shape index (κ1) is 31.6. The first-order valence-electron chi connectivity index (χ1n) is 15.9. The van der Waals surface area contributed by atoms with Crippen LogP contribution in [0.15, 0.2) is 84.5 Å². The van der Waals surface area contributed by atoms with E-state index in [-0.39, 0.29) is 30.0 Å². The summed E-state index contributed by atoms with van der Waals surface area (Å²) in [5.41, 5.74) is 16.6. The number of hydrogen-bond acceptors (Lipinski definition) is 3.